The van der Waals surface area contributed by atoms with Crippen LogP contribution in [0.25, 0.3) is 0 Å². The first-order valence-electron chi connectivity index (χ1n) is 9.43. The zero-order chi connectivity index (χ0) is 19.7. The molecule has 3 heterocycles. The molecule has 0 aliphatic carbocycles. The van der Waals surface area contributed by atoms with Crippen molar-refractivity contribution in [3.05, 3.63) is 65.5 Å². The Hall–Kier alpha value is -2.83. The monoisotopic (exact) mass is 385 g/mol. The Bertz CT molecular complexity index is 906. The van der Waals surface area contributed by atoms with E-state index in [-0.39, 0.29) is 23.9 Å². The van der Waals surface area contributed by atoms with E-state index in [4.69, 9.17) is 0 Å². The predicted molar refractivity (Wildman–Crippen MR) is 98.2 cm³/mol. The van der Waals surface area contributed by atoms with Crippen LogP contribution in [0.4, 0.5) is 8.78 Å². The average molecular weight is 385 g/mol. The van der Waals surface area contributed by atoms with Gasteiger partial charge in [0.05, 0.1) is 5.41 Å². The van der Waals surface area contributed by atoms with Crippen molar-refractivity contribution >= 4 is 11.8 Å². The number of hydrogen-bond acceptors (Lipinski definition) is 3. The maximum atomic E-state index is 14.0. The van der Waals surface area contributed by atoms with Gasteiger partial charge in [-0.3, -0.25) is 14.6 Å². The molecular weight excluding hydrogens is 364 g/mol. The summed E-state index contributed by atoms with van der Waals surface area (Å²) >= 11 is 0. The summed E-state index contributed by atoms with van der Waals surface area (Å²) in [6.45, 7) is 1.37. The van der Waals surface area contributed by atoms with Crippen molar-refractivity contribution in [2.75, 3.05) is 19.6 Å². The normalized spacial score (nSPS) is 22.1. The van der Waals surface area contributed by atoms with Gasteiger partial charge in [0.2, 0.25) is 5.91 Å². The van der Waals surface area contributed by atoms with E-state index in [1.54, 1.807) is 34.2 Å². The van der Waals surface area contributed by atoms with E-state index in [0.29, 0.717) is 38.2 Å². The molecule has 1 unspecified atom stereocenters. The van der Waals surface area contributed by atoms with Gasteiger partial charge in [-0.1, -0.05) is 18.2 Å². The lowest BCUT2D eigenvalue weighted by molar-refractivity contribution is -0.146. The largest absolute Gasteiger partial charge is 0.338 e. The number of pyridine rings is 1. The third kappa shape index (κ3) is 3.25. The molecule has 1 aromatic heterocycles. The lowest BCUT2D eigenvalue weighted by Crippen LogP contribution is -2.50. The SMILES string of the molecule is O=C(c1ccccn1)N1CCC2(CCCN(Cc3cccc(F)c3F)C2=O)C1. The Balaban J connectivity index is 1.50. The highest BCUT2D eigenvalue weighted by atomic mass is 19.2. The first-order chi connectivity index (χ1) is 13.5. The molecule has 1 atom stereocenters. The molecule has 2 aromatic rings. The molecule has 2 aliphatic rings. The number of nitrogens with zero attached hydrogens (tertiary/aromatic N) is 3. The van der Waals surface area contributed by atoms with Crippen LogP contribution < -0.4 is 0 Å². The van der Waals surface area contributed by atoms with Gasteiger partial charge in [-0.25, -0.2) is 8.78 Å². The van der Waals surface area contributed by atoms with Crippen molar-refractivity contribution in [2.24, 2.45) is 5.41 Å². The molecule has 1 spiro atoms. The van der Waals surface area contributed by atoms with E-state index in [0.717, 1.165) is 12.5 Å². The molecule has 7 heteroatoms. The highest BCUT2D eigenvalue weighted by Gasteiger charge is 2.49. The lowest BCUT2D eigenvalue weighted by Gasteiger charge is -2.39. The summed E-state index contributed by atoms with van der Waals surface area (Å²) in [5.74, 6) is -2.09. The summed E-state index contributed by atoms with van der Waals surface area (Å²) in [5, 5.41) is 0. The summed E-state index contributed by atoms with van der Waals surface area (Å²) in [4.78, 5) is 33.3. The minimum Gasteiger partial charge on any atom is -0.338 e. The minimum absolute atomic E-state index is 0.0400. The average Bonchev–Trinajstić information content (AvgIpc) is 3.14. The molecule has 2 amide bonds. The second-order valence-electron chi connectivity index (χ2n) is 7.52. The van der Waals surface area contributed by atoms with Crippen LogP contribution in [-0.2, 0) is 11.3 Å². The van der Waals surface area contributed by atoms with E-state index >= 15 is 0 Å². The number of carbonyl (C=O) groups excluding carboxylic acids is 2. The van der Waals surface area contributed by atoms with Gasteiger partial charge in [0.25, 0.3) is 5.91 Å². The molecule has 0 bridgehead atoms. The van der Waals surface area contributed by atoms with Crippen molar-refractivity contribution in [1.82, 2.24) is 14.8 Å². The molecular formula is C21H21F2N3O2. The second-order valence-corrected chi connectivity index (χ2v) is 7.52. The van der Waals surface area contributed by atoms with Crippen LogP contribution in [0, 0.1) is 17.0 Å². The van der Waals surface area contributed by atoms with Crippen LogP contribution in [-0.4, -0.2) is 46.2 Å². The predicted octanol–water partition coefficient (Wildman–Crippen LogP) is 3.01. The summed E-state index contributed by atoms with van der Waals surface area (Å²) in [6, 6.07) is 9.17. The molecule has 2 saturated heterocycles. The standard InChI is InChI=1S/C21H21F2N3O2/c22-16-6-3-5-15(18(16)23)13-25-11-4-8-21(20(25)28)9-12-26(14-21)19(27)17-7-1-2-10-24-17/h1-3,5-7,10H,4,8-9,11-14H2. The Morgan fingerprint density at radius 2 is 1.96 bits per heavy atom. The van der Waals surface area contributed by atoms with Gasteiger partial charge >= 0.3 is 0 Å². The van der Waals surface area contributed by atoms with Crippen molar-refractivity contribution in [3.8, 4) is 0 Å². The van der Waals surface area contributed by atoms with E-state index in [2.05, 4.69) is 4.98 Å². The number of halogens is 2. The highest BCUT2D eigenvalue weighted by molar-refractivity contribution is 5.93. The first kappa shape index (κ1) is 18.5. The first-order valence-corrected chi connectivity index (χ1v) is 9.43. The highest BCUT2D eigenvalue weighted by Crippen LogP contribution is 2.41. The quantitative estimate of drug-likeness (QED) is 0.816. The molecule has 5 nitrogen and oxygen atoms in total. The van der Waals surface area contributed by atoms with E-state index in [9.17, 15) is 18.4 Å². The molecule has 0 N–H and O–H groups in total. The van der Waals surface area contributed by atoms with Crippen LogP contribution in [0.5, 0.6) is 0 Å². The molecule has 1 aromatic carbocycles. The Morgan fingerprint density at radius 1 is 1.11 bits per heavy atom. The van der Waals surface area contributed by atoms with Crippen molar-refractivity contribution in [3.63, 3.8) is 0 Å². The van der Waals surface area contributed by atoms with Gasteiger partial charge in [-0.2, -0.15) is 0 Å². The van der Waals surface area contributed by atoms with Crippen LogP contribution in [0.1, 0.15) is 35.3 Å². The Morgan fingerprint density at radius 3 is 2.75 bits per heavy atom. The molecule has 2 fully saturated rings. The maximum absolute atomic E-state index is 14.0. The summed E-state index contributed by atoms with van der Waals surface area (Å²) in [6.07, 6.45) is 3.61. The van der Waals surface area contributed by atoms with E-state index in [1.165, 1.54) is 12.1 Å². The Kier molecular flexibility index (Phi) is 4.83. The van der Waals surface area contributed by atoms with Gasteiger partial charge in [-0.05, 0) is 37.5 Å². The maximum Gasteiger partial charge on any atom is 0.272 e. The molecule has 4 rings (SSSR count). The summed E-state index contributed by atoms with van der Waals surface area (Å²) in [5.41, 5.74) is -0.113. The van der Waals surface area contributed by atoms with Gasteiger partial charge in [0.15, 0.2) is 11.6 Å². The smallest absolute Gasteiger partial charge is 0.272 e. The second kappa shape index (κ2) is 7.30. The number of piperidine rings is 1. The topological polar surface area (TPSA) is 53.5 Å². The number of carbonyl (C=O) groups is 2. The summed E-state index contributed by atoms with van der Waals surface area (Å²) < 4.78 is 27.5. The fourth-order valence-corrected chi connectivity index (χ4v) is 4.25. The van der Waals surface area contributed by atoms with Crippen LogP contribution in [0.2, 0.25) is 0 Å². The molecule has 2 aliphatic heterocycles. The third-order valence-electron chi connectivity index (χ3n) is 5.74. The van der Waals surface area contributed by atoms with Crippen molar-refractivity contribution < 1.29 is 18.4 Å². The number of likely N-dealkylation sites (tertiary alicyclic amines) is 2. The van der Waals surface area contributed by atoms with E-state index in [1.807, 2.05) is 0 Å². The third-order valence-corrected chi connectivity index (χ3v) is 5.74. The number of rotatable bonds is 3. The van der Waals surface area contributed by atoms with Gasteiger partial charge in [-0.15, -0.1) is 0 Å². The summed E-state index contributed by atoms with van der Waals surface area (Å²) in [7, 11) is 0. The Labute approximate surface area is 162 Å². The van der Waals surface area contributed by atoms with Gasteiger partial charge in [0, 0.05) is 37.9 Å². The van der Waals surface area contributed by atoms with E-state index < -0.39 is 17.0 Å². The van der Waals surface area contributed by atoms with Gasteiger partial charge in [0.1, 0.15) is 5.69 Å². The fourth-order valence-electron chi connectivity index (χ4n) is 4.25. The zero-order valence-electron chi connectivity index (χ0n) is 15.4. The molecule has 0 saturated carbocycles. The minimum atomic E-state index is -0.912. The molecule has 0 radical (unpaired) electrons. The number of aromatic nitrogens is 1. The fraction of sp³-hybridized carbons (Fsp3) is 0.381. The van der Waals surface area contributed by atoms with Crippen molar-refractivity contribution in [1.29, 1.82) is 0 Å². The van der Waals surface area contributed by atoms with Gasteiger partial charge < -0.3 is 9.80 Å². The van der Waals surface area contributed by atoms with Crippen LogP contribution >= 0.6 is 0 Å². The lowest BCUT2D eigenvalue weighted by atomic mass is 9.78. The molecule has 146 valence electrons. The van der Waals surface area contributed by atoms with Crippen molar-refractivity contribution in [2.45, 2.75) is 25.8 Å². The number of amides is 2. The van der Waals surface area contributed by atoms with Crippen LogP contribution in [0.3, 0.4) is 0 Å². The zero-order valence-corrected chi connectivity index (χ0v) is 15.4. The molecule has 28 heavy (non-hydrogen) atoms. The number of benzene rings is 1. The number of hydrogen-bond donors (Lipinski definition) is 0. The van der Waals surface area contributed by atoms with Crippen LogP contribution in [0.15, 0.2) is 42.6 Å².